The number of aromatic amines is 2. The summed E-state index contributed by atoms with van der Waals surface area (Å²) < 4.78 is 0. The molecular formula is C58H83N17O16. The number of hydrogen-bond donors (Lipinski definition) is 17. The summed E-state index contributed by atoms with van der Waals surface area (Å²) in [5, 5.41) is 52.2. The smallest absolute Gasteiger partial charge is 0.300 e. The minimum atomic E-state index is -1.76. The van der Waals surface area contributed by atoms with Crippen LogP contribution in [0.1, 0.15) is 89.5 Å². The van der Waals surface area contributed by atoms with Gasteiger partial charge in [0.2, 0.25) is 65.0 Å². The highest BCUT2D eigenvalue weighted by Crippen LogP contribution is 2.22. The molecule has 2 aliphatic rings. The lowest BCUT2D eigenvalue weighted by Crippen LogP contribution is -2.61. The molecule has 33 heteroatoms. The molecule has 11 amide bonds. The van der Waals surface area contributed by atoms with E-state index < -0.39 is 133 Å². The number of aliphatic hydroxyl groups excluding tert-OH is 1. The van der Waals surface area contributed by atoms with Gasteiger partial charge < -0.3 is 101 Å². The Bertz CT molecular complexity index is 3200. The number of imidazole rings is 1. The highest BCUT2D eigenvalue weighted by molar-refractivity contribution is 5.99. The number of carboxylic acids is 1. The molecule has 2 saturated heterocycles. The van der Waals surface area contributed by atoms with Crippen molar-refractivity contribution in [1.82, 2.24) is 67.7 Å². The van der Waals surface area contributed by atoms with Crippen LogP contribution in [0.15, 0.2) is 72.2 Å². The van der Waals surface area contributed by atoms with Gasteiger partial charge in [-0.15, -0.1) is 0 Å². The quantitative estimate of drug-likeness (QED) is 0.0128. The van der Waals surface area contributed by atoms with Crippen molar-refractivity contribution < 1.29 is 78.3 Å². The molecule has 0 bridgehead atoms. The van der Waals surface area contributed by atoms with E-state index in [0.717, 1.165) is 6.92 Å². The second kappa shape index (κ2) is 35.7. The molecule has 4 aromatic rings. The molecule has 2 aromatic carbocycles. The molecule has 0 spiro atoms. The minimum absolute atomic E-state index is 0. The van der Waals surface area contributed by atoms with Crippen LogP contribution in [0.3, 0.4) is 0 Å². The molecule has 33 nitrogen and oxygen atoms in total. The number of aliphatic hydroxyl groups is 1. The number of primary amides is 1. The van der Waals surface area contributed by atoms with Gasteiger partial charge >= 0.3 is 0 Å². The predicted octanol–water partition coefficient (Wildman–Crippen LogP) is -4.73. The Labute approximate surface area is 522 Å². The molecule has 0 saturated carbocycles. The number of aromatic hydroxyl groups is 1. The van der Waals surface area contributed by atoms with Gasteiger partial charge in [0.15, 0.2) is 5.96 Å². The summed E-state index contributed by atoms with van der Waals surface area (Å²) in [4.78, 5) is 174. The standard InChI is InChI=1S/C56H77N17O13.C2H4O2.H2O/c1-29(2)20-39(50(81)67-38(10-6-18-61-56(58)59)55(86)73-19-7-11-44(73)54(85)63-26-45(57)76)68-47(78)30(3)65-49(80)40(21-31-12-14-34(75)15-13-31)69-53(84)43(27-74)72-51(82)41(22-32-24-62-36-9-5-4-8-35(32)36)70-52(83)42(23-33-25-60-28-64-33)71-48(79)37-16-17-46(77)66-37;1-2(3)4;/h4-5,8-9,12-15,24-25,28-30,37-44,62,74-75H,6-7,10-11,16-23,26-27H2,1-3H3,(H2,57,76)(H,60,64)(H,63,85)(H,65,80)(H,66,77)(H,67,81)(H,68,78)(H,69,84)(H,70,83)(H,71,79)(H,72,82)(H4,58,59,61);1H3,(H,3,4);1H2/t30-,37+,38+,39+,40+,41+,42+,43+,44+;;/m1../s1. The van der Waals surface area contributed by atoms with E-state index in [-0.39, 0.29) is 99.9 Å². The monoisotopic (exact) mass is 1270 g/mol. The van der Waals surface area contributed by atoms with E-state index in [4.69, 9.17) is 27.1 Å². The normalized spacial score (nSPS) is 16.4. The largest absolute Gasteiger partial charge is 0.508 e. The molecule has 4 heterocycles. The van der Waals surface area contributed by atoms with Gasteiger partial charge in [-0.2, -0.15) is 0 Å². The molecule has 496 valence electrons. The summed E-state index contributed by atoms with van der Waals surface area (Å²) in [5.41, 5.74) is 18.4. The van der Waals surface area contributed by atoms with Crippen molar-refractivity contribution in [2.45, 2.75) is 146 Å². The molecule has 2 aromatic heterocycles. The van der Waals surface area contributed by atoms with E-state index in [2.05, 4.69) is 67.8 Å². The third-order valence-electron chi connectivity index (χ3n) is 14.4. The number of hydrogen-bond acceptors (Lipinski definition) is 16. The third-order valence-corrected chi connectivity index (χ3v) is 14.4. The second-order valence-corrected chi connectivity index (χ2v) is 22.1. The molecule has 22 N–H and O–H groups in total. The van der Waals surface area contributed by atoms with Crippen molar-refractivity contribution in [2.75, 3.05) is 26.2 Å². The Kier molecular flexibility index (Phi) is 28.8. The molecule has 2 fully saturated rings. The number of nitrogens with two attached hydrogens (primary N) is 3. The van der Waals surface area contributed by atoms with Crippen LogP contribution in [0.5, 0.6) is 5.75 Å². The summed E-state index contributed by atoms with van der Waals surface area (Å²) in [6, 6.07) is 0.931. The summed E-state index contributed by atoms with van der Waals surface area (Å²) >= 11 is 0. The van der Waals surface area contributed by atoms with Crippen LogP contribution < -0.4 is 65.1 Å². The number of aliphatic carboxylic acids is 1. The van der Waals surface area contributed by atoms with E-state index >= 15 is 0 Å². The number of likely N-dealkylation sites (tertiary alicyclic amines) is 1. The number of carbonyl (C=O) groups excluding carboxylic acids is 11. The average Bonchev–Trinajstić information content (AvgIpc) is 1.83. The number of nitrogens with one attached hydrogen (secondary N) is 11. The van der Waals surface area contributed by atoms with Crippen LogP contribution >= 0.6 is 0 Å². The lowest BCUT2D eigenvalue weighted by molar-refractivity contribution is -0.142. The number of H-pyrrole nitrogens is 2. The number of aromatic nitrogens is 3. The van der Waals surface area contributed by atoms with Gasteiger partial charge in [0.05, 0.1) is 19.5 Å². The van der Waals surface area contributed by atoms with Gasteiger partial charge in [-0.25, -0.2) is 4.98 Å². The fourth-order valence-corrected chi connectivity index (χ4v) is 9.93. The fourth-order valence-electron chi connectivity index (χ4n) is 9.93. The summed E-state index contributed by atoms with van der Waals surface area (Å²) in [6.07, 6.45) is 5.22. The predicted molar refractivity (Wildman–Crippen MR) is 327 cm³/mol. The Hall–Kier alpha value is -10.2. The number of amides is 11. The van der Waals surface area contributed by atoms with Crippen molar-refractivity contribution in [3.8, 4) is 5.75 Å². The van der Waals surface area contributed by atoms with Gasteiger partial charge in [-0.3, -0.25) is 62.5 Å². The zero-order chi connectivity index (χ0) is 66.2. The Morgan fingerprint density at radius 1 is 0.725 bits per heavy atom. The van der Waals surface area contributed by atoms with Crippen molar-refractivity contribution in [3.05, 3.63) is 84.1 Å². The highest BCUT2D eigenvalue weighted by atomic mass is 16.4. The van der Waals surface area contributed by atoms with E-state index in [1.54, 1.807) is 44.3 Å². The average molecular weight is 1270 g/mol. The zero-order valence-corrected chi connectivity index (χ0v) is 50.8. The molecule has 0 unspecified atom stereocenters. The van der Waals surface area contributed by atoms with Crippen molar-refractivity contribution in [2.24, 2.45) is 28.1 Å². The van der Waals surface area contributed by atoms with Crippen LogP contribution in [0.4, 0.5) is 0 Å². The number of carboxylic acid groups (broad SMARTS) is 1. The van der Waals surface area contributed by atoms with Crippen LogP contribution in [0.2, 0.25) is 0 Å². The van der Waals surface area contributed by atoms with Crippen molar-refractivity contribution in [1.29, 1.82) is 0 Å². The summed E-state index contributed by atoms with van der Waals surface area (Å²) in [5.74, 6) is -9.72. The van der Waals surface area contributed by atoms with Crippen LogP contribution in [0.25, 0.3) is 10.9 Å². The summed E-state index contributed by atoms with van der Waals surface area (Å²) in [6.45, 7) is 4.76. The van der Waals surface area contributed by atoms with E-state index in [1.807, 2.05) is 0 Å². The SMILES string of the molecule is CC(=O)O.CC(C)C[C@H](NC(=O)[C@@H](C)NC(=O)[C@H](Cc1ccc(O)cc1)NC(=O)[C@H](CO)NC(=O)[C@H](Cc1c[nH]c2ccccc12)NC(=O)[C@H](Cc1cnc[nH]1)NC(=O)[C@@H]1CCC(=O)N1)C(=O)N[C@@H](CCCN=C(N)N)C(=O)N1CCC[C@H]1C(=O)NCC(N)=O.O. The molecule has 6 rings (SSSR count). The maximum atomic E-state index is 14.5. The van der Waals surface area contributed by atoms with E-state index in [9.17, 15) is 63.0 Å². The molecule has 0 radical (unpaired) electrons. The fraction of sp³-hybridized carbons (Fsp3) is 0.483. The molecule has 91 heavy (non-hydrogen) atoms. The number of phenolic OH excluding ortho intramolecular Hbond substituents is 1. The molecule has 0 aliphatic carbocycles. The zero-order valence-electron chi connectivity index (χ0n) is 50.8. The number of rotatable bonds is 31. The number of nitrogens with zero attached hydrogens (tertiary/aromatic N) is 3. The summed E-state index contributed by atoms with van der Waals surface area (Å²) in [7, 11) is 0. The number of aliphatic imine (C=N–C) groups is 1. The first kappa shape index (κ1) is 73.3. The van der Waals surface area contributed by atoms with Gasteiger partial charge in [-0.05, 0) is 80.7 Å². The lowest BCUT2D eigenvalue weighted by Gasteiger charge is -2.30. The van der Waals surface area contributed by atoms with Gasteiger partial charge in [-0.1, -0.05) is 44.2 Å². The number of fused-ring (bicyclic) bond motifs is 1. The minimum Gasteiger partial charge on any atom is -0.508 e. The van der Waals surface area contributed by atoms with E-state index in [1.165, 1.54) is 48.6 Å². The number of guanidine groups is 1. The first-order chi connectivity index (χ1) is 42.7. The maximum Gasteiger partial charge on any atom is 0.300 e. The van der Waals surface area contributed by atoms with Crippen molar-refractivity contribution >= 4 is 87.8 Å². The van der Waals surface area contributed by atoms with Gasteiger partial charge in [0.25, 0.3) is 5.97 Å². The number of benzene rings is 2. The van der Waals surface area contributed by atoms with Crippen LogP contribution in [0, 0.1) is 5.92 Å². The number of phenols is 1. The maximum absolute atomic E-state index is 14.5. The number of carbonyl (C=O) groups is 12. The first-order valence-corrected chi connectivity index (χ1v) is 29.2. The second-order valence-electron chi connectivity index (χ2n) is 22.1. The highest BCUT2D eigenvalue weighted by Gasteiger charge is 2.40. The third kappa shape index (κ3) is 23.4. The van der Waals surface area contributed by atoms with Crippen LogP contribution in [-0.4, -0.2) is 198 Å². The Morgan fingerprint density at radius 2 is 1.32 bits per heavy atom. The molecular weight excluding hydrogens is 1190 g/mol. The number of para-hydroxylation sites is 1. The molecule has 9 atom stereocenters. The van der Waals surface area contributed by atoms with Gasteiger partial charge in [0.1, 0.15) is 60.1 Å². The molecule has 2 aliphatic heterocycles. The Balaban J connectivity index is 0.00000343. The lowest BCUT2D eigenvalue weighted by atomic mass is 10.0. The van der Waals surface area contributed by atoms with Crippen LogP contribution in [-0.2, 0) is 76.8 Å². The Morgan fingerprint density at radius 3 is 1.92 bits per heavy atom. The van der Waals surface area contributed by atoms with Gasteiger partial charge in [0, 0.05) is 74.7 Å². The topological polar surface area (TPSA) is 543 Å². The van der Waals surface area contributed by atoms with E-state index in [0.29, 0.717) is 34.1 Å². The first-order valence-electron chi connectivity index (χ1n) is 29.2. The van der Waals surface area contributed by atoms with Crippen molar-refractivity contribution in [3.63, 3.8) is 0 Å².